The monoisotopic (exact) mass is 190 g/mol. The first-order valence-corrected chi connectivity index (χ1v) is 4.78. The van der Waals surface area contributed by atoms with Crippen molar-refractivity contribution in [1.29, 1.82) is 0 Å². The van der Waals surface area contributed by atoms with Crippen LogP contribution >= 0.6 is 0 Å². The maximum Gasteiger partial charge on any atom is 0.118 e. The van der Waals surface area contributed by atoms with Gasteiger partial charge >= 0.3 is 0 Å². The van der Waals surface area contributed by atoms with Gasteiger partial charge in [-0.3, -0.25) is 4.99 Å². The molecule has 0 atom stereocenters. The van der Waals surface area contributed by atoms with E-state index in [0.717, 1.165) is 31.1 Å². The van der Waals surface area contributed by atoms with Crippen molar-refractivity contribution in [2.24, 2.45) is 4.99 Å². The molecule has 0 radical (unpaired) electrons. The molecule has 1 aromatic carbocycles. The van der Waals surface area contributed by atoms with Crippen LogP contribution in [0.3, 0.4) is 0 Å². The molecule has 0 unspecified atom stereocenters. The molecule has 0 aliphatic carbocycles. The summed E-state index contributed by atoms with van der Waals surface area (Å²) in [5, 5.41) is 3.25. The van der Waals surface area contributed by atoms with E-state index in [1.807, 2.05) is 12.1 Å². The van der Waals surface area contributed by atoms with Crippen molar-refractivity contribution in [2.75, 3.05) is 20.2 Å². The molecule has 2 rings (SSSR count). The maximum absolute atomic E-state index is 5.09. The molecule has 3 nitrogen and oxygen atoms in total. The molecule has 1 aliphatic heterocycles. The van der Waals surface area contributed by atoms with Gasteiger partial charge in [0.05, 0.1) is 13.7 Å². The summed E-state index contributed by atoms with van der Waals surface area (Å²) in [5.74, 6) is 1.99. The molecule has 0 amide bonds. The van der Waals surface area contributed by atoms with Gasteiger partial charge in [-0.1, -0.05) is 12.1 Å². The van der Waals surface area contributed by atoms with Crippen LogP contribution in [-0.4, -0.2) is 26.0 Å². The maximum atomic E-state index is 5.09. The highest BCUT2D eigenvalue weighted by Crippen LogP contribution is 2.12. The van der Waals surface area contributed by atoms with Gasteiger partial charge in [0.2, 0.25) is 0 Å². The highest BCUT2D eigenvalue weighted by molar-refractivity contribution is 5.85. The molecule has 1 aliphatic rings. The molecule has 3 heteroatoms. The second-order valence-electron chi connectivity index (χ2n) is 3.28. The largest absolute Gasteiger partial charge is 0.497 e. The minimum Gasteiger partial charge on any atom is -0.497 e. The molecule has 1 N–H and O–H groups in total. The van der Waals surface area contributed by atoms with Gasteiger partial charge in [0, 0.05) is 13.0 Å². The van der Waals surface area contributed by atoms with Gasteiger partial charge in [-0.25, -0.2) is 0 Å². The first-order valence-electron chi connectivity index (χ1n) is 4.78. The third-order valence-corrected chi connectivity index (χ3v) is 2.27. The molecule has 14 heavy (non-hydrogen) atoms. The lowest BCUT2D eigenvalue weighted by Crippen LogP contribution is -2.20. The van der Waals surface area contributed by atoms with Crippen LogP contribution in [0, 0.1) is 0 Å². The summed E-state index contributed by atoms with van der Waals surface area (Å²) < 4.78 is 5.09. The van der Waals surface area contributed by atoms with Gasteiger partial charge < -0.3 is 10.1 Å². The number of hydrogen-bond donors (Lipinski definition) is 1. The van der Waals surface area contributed by atoms with Crippen molar-refractivity contribution in [3.63, 3.8) is 0 Å². The van der Waals surface area contributed by atoms with Crippen molar-refractivity contribution in [3.8, 4) is 5.75 Å². The minimum absolute atomic E-state index is 0.893. The highest BCUT2D eigenvalue weighted by Gasteiger charge is 2.05. The lowest BCUT2D eigenvalue weighted by atomic mass is 10.1. The fourth-order valence-corrected chi connectivity index (χ4v) is 1.50. The number of amidine groups is 1. The Morgan fingerprint density at radius 1 is 1.36 bits per heavy atom. The smallest absolute Gasteiger partial charge is 0.118 e. The SMILES string of the molecule is COc1ccc(CC2=NCCN2)cc1. The number of aliphatic imine (C=N–C) groups is 1. The number of rotatable bonds is 3. The van der Waals surface area contributed by atoms with Gasteiger partial charge in [-0.05, 0) is 17.7 Å². The lowest BCUT2D eigenvalue weighted by molar-refractivity contribution is 0.414. The number of nitrogens with zero attached hydrogens (tertiary/aromatic N) is 1. The van der Waals surface area contributed by atoms with E-state index < -0.39 is 0 Å². The predicted molar refractivity (Wildman–Crippen MR) is 57.0 cm³/mol. The second kappa shape index (κ2) is 4.13. The molecule has 0 aromatic heterocycles. The Hall–Kier alpha value is -1.51. The van der Waals surface area contributed by atoms with Gasteiger partial charge in [0.1, 0.15) is 11.6 Å². The predicted octanol–water partition coefficient (Wildman–Crippen LogP) is 1.24. The number of hydrogen-bond acceptors (Lipinski definition) is 3. The van der Waals surface area contributed by atoms with Crippen LogP contribution in [0.4, 0.5) is 0 Å². The molecule has 0 saturated carbocycles. The molecule has 0 fully saturated rings. The molecule has 1 aromatic rings. The van der Waals surface area contributed by atoms with E-state index in [9.17, 15) is 0 Å². The summed E-state index contributed by atoms with van der Waals surface area (Å²) in [5.41, 5.74) is 1.26. The fourth-order valence-electron chi connectivity index (χ4n) is 1.50. The van der Waals surface area contributed by atoms with Crippen LogP contribution in [0.2, 0.25) is 0 Å². The molecule has 0 saturated heterocycles. The van der Waals surface area contributed by atoms with Crippen LogP contribution in [0.5, 0.6) is 5.75 Å². The zero-order valence-electron chi connectivity index (χ0n) is 8.29. The second-order valence-corrected chi connectivity index (χ2v) is 3.28. The average molecular weight is 190 g/mol. The minimum atomic E-state index is 0.893. The Balaban J connectivity index is 2.02. The van der Waals surface area contributed by atoms with Crippen LogP contribution in [0.1, 0.15) is 5.56 Å². The van der Waals surface area contributed by atoms with Gasteiger partial charge in [-0.2, -0.15) is 0 Å². The van der Waals surface area contributed by atoms with E-state index in [1.165, 1.54) is 5.56 Å². The van der Waals surface area contributed by atoms with E-state index in [0.29, 0.717) is 0 Å². The zero-order valence-corrected chi connectivity index (χ0v) is 8.29. The van der Waals surface area contributed by atoms with Gasteiger partial charge in [0.15, 0.2) is 0 Å². The first kappa shape index (κ1) is 9.06. The van der Waals surface area contributed by atoms with Crippen LogP contribution in [0.25, 0.3) is 0 Å². The Bertz CT molecular complexity index is 330. The lowest BCUT2D eigenvalue weighted by Gasteiger charge is -2.03. The van der Waals surface area contributed by atoms with E-state index in [2.05, 4.69) is 22.4 Å². The van der Waals surface area contributed by atoms with Crippen molar-refractivity contribution < 1.29 is 4.74 Å². The van der Waals surface area contributed by atoms with E-state index in [-0.39, 0.29) is 0 Å². The summed E-state index contributed by atoms with van der Waals surface area (Å²) >= 11 is 0. The van der Waals surface area contributed by atoms with Crippen molar-refractivity contribution in [1.82, 2.24) is 5.32 Å². The normalized spacial score (nSPS) is 14.8. The van der Waals surface area contributed by atoms with Crippen LogP contribution < -0.4 is 10.1 Å². The van der Waals surface area contributed by atoms with Crippen LogP contribution in [-0.2, 0) is 6.42 Å². The summed E-state index contributed by atoms with van der Waals surface area (Å²) in [6.07, 6.45) is 0.893. The fraction of sp³-hybridized carbons (Fsp3) is 0.364. The van der Waals surface area contributed by atoms with Crippen molar-refractivity contribution in [2.45, 2.75) is 6.42 Å². The summed E-state index contributed by atoms with van der Waals surface area (Å²) in [6.45, 7) is 1.89. The Morgan fingerprint density at radius 2 is 2.14 bits per heavy atom. The quantitative estimate of drug-likeness (QED) is 0.778. The summed E-state index contributed by atoms with van der Waals surface area (Å²) in [7, 11) is 1.68. The number of nitrogens with one attached hydrogen (secondary N) is 1. The number of benzene rings is 1. The molecular weight excluding hydrogens is 176 g/mol. The number of ether oxygens (including phenoxy) is 1. The highest BCUT2D eigenvalue weighted by atomic mass is 16.5. The van der Waals surface area contributed by atoms with Crippen LogP contribution in [0.15, 0.2) is 29.3 Å². The molecule has 0 bridgehead atoms. The van der Waals surface area contributed by atoms with E-state index >= 15 is 0 Å². The Kier molecular flexibility index (Phi) is 2.68. The average Bonchev–Trinajstić information content (AvgIpc) is 2.72. The van der Waals surface area contributed by atoms with Gasteiger partial charge in [0.25, 0.3) is 0 Å². The number of methoxy groups -OCH3 is 1. The Labute approximate surface area is 83.8 Å². The third-order valence-electron chi connectivity index (χ3n) is 2.27. The molecule has 1 heterocycles. The zero-order chi connectivity index (χ0) is 9.80. The summed E-state index contributed by atoms with van der Waals surface area (Å²) in [6, 6.07) is 8.10. The van der Waals surface area contributed by atoms with E-state index in [4.69, 9.17) is 4.74 Å². The molecular formula is C11H14N2O. The van der Waals surface area contributed by atoms with Crippen molar-refractivity contribution in [3.05, 3.63) is 29.8 Å². The Morgan fingerprint density at radius 3 is 2.71 bits per heavy atom. The third kappa shape index (κ3) is 2.05. The van der Waals surface area contributed by atoms with Gasteiger partial charge in [-0.15, -0.1) is 0 Å². The van der Waals surface area contributed by atoms with Crippen molar-refractivity contribution >= 4 is 5.84 Å². The summed E-state index contributed by atoms with van der Waals surface area (Å²) in [4.78, 5) is 4.35. The first-order chi connectivity index (χ1) is 6.88. The molecule has 74 valence electrons. The standard InChI is InChI=1S/C11H14N2O/c1-14-10-4-2-9(3-5-10)8-11-12-6-7-13-11/h2-5H,6-8H2,1H3,(H,12,13). The van der Waals surface area contributed by atoms with E-state index in [1.54, 1.807) is 7.11 Å². The topological polar surface area (TPSA) is 33.6 Å². The molecule has 0 spiro atoms.